The molecular weight excluding hydrogens is 276 g/mol. The summed E-state index contributed by atoms with van der Waals surface area (Å²) in [5.41, 5.74) is 6.44. The molecule has 0 saturated carbocycles. The molecule has 112 valence electrons. The average molecular weight is 299 g/mol. The SMILES string of the molecule is CCCCCNC(=O)C(C)Oc1c(Cl)cccc1CN. The predicted molar refractivity (Wildman–Crippen MR) is 82.0 cm³/mol. The van der Waals surface area contributed by atoms with E-state index in [0.717, 1.165) is 24.8 Å². The van der Waals surface area contributed by atoms with Gasteiger partial charge in [-0.3, -0.25) is 4.79 Å². The third-order valence-corrected chi connectivity index (χ3v) is 3.31. The molecule has 0 bridgehead atoms. The smallest absolute Gasteiger partial charge is 0.260 e. The van der Waals surface area contributed by atoms with Crippen molar-refractivity contribution in [3.05, 3.63) is 28.8 Å². The Labute approximate surface area is 125 Å². The minimum absolute atomic E-state index is 0.135. The van der Waals surface area contributed by atoms with Crippen LogP contribution in [0.4, 0.5) is 0 Å². The summed E-state index contributed by atoms with van der Waals surface area (Å²) in [7, 11) is 0. The van der Waals surface area contributed by atoms with Crippen LogP contribution in [-0.4, -0.2) is 18.6 Å². The molecule has 1 amide bonds. The van der Waals surface area contributed by atoms with Crippen LogP contribution in [0.5, 0.6) is 5.75 Å². The minimum atomic E-state index is -0.596. The minimum Gasteiger partial charge on any atom is -0.479 e. The summed E-state index contributed by atoms with van der Waals surface area (Å²) in [6, 6.07) is 5.38. The second kappa shape index (κ2) is 8.82. The molecule has 1 rings (SSSR count). The van der Waals surface area contributed by atoms with Crippen molar-refractivity contribution in [3.8, 4) is 5.75 Å². The number of amides is 1. The first kappa shape index (κ1) is 16.8. The van der Waals surface area contributed by atoms with Gasteiger partial charge in [0.25, 0.3) is 5.91 Å². The molecule has 4 nitrogen and oxygen atoms in total. The van der Waals surface area contributed by atoms with E-state index < -0.39 is 6.10 Å². The van der Waals surface area contributed by atoms with E-state index in [1.54, 1.807) is 13.0 Å². The topological polar surface area (TPSA) is 64.3 Å². The highest BCUT2D eigenvalue weighted by molar-refractivity contribution is 6.32. The van der Waals surface area contributed by atoms with Crippen LogP contribution in [0.1, 0.15) is 38.7 Å². The fourth-order valence-corrected chi connectivity index (χ4v) is 2.05. The second-order valence-electron chi connectivity index (χ2n) is 4.69. The van der Waals surface area contributed by atoms with Gasteiger partial charge in [0.15, 0.2) is 6.10 Å². The summed E-state index contributed by atoms with van der Waals surface area (Å²) >= 11 is 6.09. The molecule has 0 heterocycles. The van der Waals surface area contributed by atoms with Gasteiger partial charge in [-0.25, -0.2) is 0 Å². The van der Waals surface area contributed by atoms with Crippen molar-refractivity contribution < 1.29 is 9.53 Å². The molecule has 1 unspecified atom stereocenters. The molecule has 1 atom stereocenters. The van der Waals surface area contributed by atoms with E-state index in [4.69, 9.17) is 22.1 Å². The van der Waals surface area contributed by atoms with E-state index in [0.29, 0.717) is 23.9 Å². The molecule has 0 fully saturated rings. The van der Waals surface area contributed by atoms with Gasteiger partial charge in [-0.1, -0.05) is 43.5 Å². The first-order valence-corrected chi connectivity index (χ1v) is 7.39. The number of carbonyl (C=O) groups excluding carboxylic acids is 1. The van der Waals surface area contributed by atoms with Crippen molar-refractivity contribution in [1.82, 2.24) is 5.32 Å². The number of hydrogen-bond donors (Lipinski definition) is 2. The molecule has 0 aliphatic heterocycles. The molecule has 0 saturated heterocycles. The quantitative estimate of drug-likeness (QED) is 0.725. The third-order valence-electron chi connectivity index (χ3n) is 3.01. The maximum Gasteiger partial charge on any atom is 0.260 e. The third kappa shape index (κ3) is 5.02. The summed E-state index contributed by atoms with van der Waals surface area (Å²) in [5.74, 6) is 0.358. The first-order valence-electron chi connectivity index (χ1n) is 7.02. The first-order chi connectivity index (χ1) is 9.60. The van der Waals surface area contributed by atoms with Crippen LogP contribution >= 0.6 is 11.6 Å². The number of benzene rings is 1. The van der Waals surface area contributed by atoms with Gasteiger partial charge in [0.05, 0.1) is 5.02 Å². The largest absolute Gasteiger partial charge is 0.479 e. The van der Waals surface area contributed by atoms with E-state index in [2.05, 4.69) is 12.2 Å². The van der Waals surface area contributed by atoms with Crippen LogP contribution < -0.4 is 15.8 Å². The van der Waals surface area contributed by atoms with Crippen molar-refractivity contribution in [3.63, 3.8) is 0 Å². The Morgan fingerprint density at radius 1 is 1.45 bits per heavy atom. The fourth-order valence-electron chi connectivity index (χ4n) is 1.81. The van der Waals surface area contributed by atoms with Gasteiger partial charge in [-0.05, 0) is 19.4 Å². The summed E-state index contributed by atoms with van der Waals surface area (Å²) in [4.78, 5) is 11.9. The van der Waals surface area contributed by atoms with Gasteiger partial charge in [0, 0.05) is 18.7 Å². The standard InChI is InChI=1S/C15H23ClN2O2/c1-3-4-5-9-18-15(19)11(2)20-14-12(10-17)7-6-8-13(14)16/h6-8,11H,3-5,9-10,17H2,1-2H3,(H,18,19). The van der Waals surface area contributed by atoms with Crippen LogP contribution in [0.15, 0.2) is 18.2 Å². The summed E-state index contributed by atoms with van der Waals surface area (Å²) in [6.45, 7) is 4.82. The lowest BCUT2D eigenvalue weighted by Gasteiger charge is -2.17. The van der Waals surface area contributed by atoms with Gasteiger partial charge in [0.1, 0.15) is 5.75 Å². The normalized spacial score (nSPS) is 12.0. The van der Waals surface area contributed by atoms with Crippen LogP contribution in [-0.2, 0) is 11.3 Å². The van der Waals surface area contributed by atoms with Gasteiger partial charge < -0.3 is 15.8 Å². The number of ether oxygens (including phenoxy) is 1. The zero-order chi connectivity index (χ0) is 15.0. The second-order valence-corrected chi connectivity index (χ2v) is 5.10. The lowest BCUT2D eigenvalue weighted by atomic mass is 10.2. The Morgan fingerprint density at radius 2 is 2.20 bits per heavy atom. The summed E-state index contributed by atoms with van der Waals surface area (Å²) in [6.07, 6.45) is 2.62. The van der Waals surface area contributed by atoms with Crippen molar-refractivity contribution in [2.24, 2.45) is 5.73 Å². The van der Waals surface area contributed by atoms with Crippen molar-refractivity contribution in [2.75, 3.05) is 6.54 Å². The lowest BCUT2D eigenvalue weighted by molar-refractivity contribution is -0.127. The van der Waals surface area contributed by atoms with E-state index in [9.17, 15) is 4.79 Å². The number of hydrogen-bond acceptors (Lipinski definition) is 3. The number of nitrogens with two attached hydrogens (primary N) is 1. The molecule has 0 aliphatic rings. The number of rotatable bonds is 8. The molecule has 20 heavy (non-hydrogen) atoms. The number of carbonyl (C=O) groups is 1. The number of unbranched alkanes of at least 4 members (excludes halogenated alkanes) is 2. The fraction of sp³-hybridized carbons (Fsp3) is 0.533. The molecule has 0 aromatic heterocycles. The molecular formula is C15H23ClN2O2. The highest BCUT2D eigenvalue weighted by Gasteiger charge is 2.17. The molecule has 1 aromatic rings. The summed E-state index contributed by atoms with van der Waals surface area (Å²) < 4.78 is 5.66. The Balaban J connectivity index is 2.57. The maximum absolute atomic E-state index is 11.9. The van der Waals surface area contributed by atoms with Crippen molar-refractivity contribution >= 4 is 17.5 Å². The van der Waals surface area contributed by atoms with Gasteiger partial charge in [0.2, 0.25) is 0 Å². The Hall–Kier alpha value is -1.26. The van der Waals surface area contributed by atoms with E-state index in [1.807, 2.05) is 12.1 Å². The number of nitrogens with one attached hydrogen (secondary N) is 1. The number of para-hydroxylation sites is 1. The highest BCUT2D eigenvalue weighted by atomic mass is 35.5. The Kier molecular flexibility index (Phi) is 7.41. The van der Waals surface area contributed by atoms with Gasteiger partial charge in [-0.2, -0.15) is 0 Å². The van der Waals surface area contributed by atoms with Crippen LogP contribution in [0.3, 0.4) is 0 Å². The monoisotopic (exact) mass is 298 g/mol. The zero-order valence-corrected chi connectivity index (χ0v) is 12.9. The maximum atomic E-state index is 11.9. The van der Waals surface area contributed by atoms with Crippen molar-refractivity contribution in [2.45, 2.75) is 45.8 Å². The predicted octanol–water partition coefficient (Wildman–Crippen LogP) is 2.87. The van der Waals surface area contributed by atoms with Gasteiger partial charge >= 0.3 is 0 Å². The van der Waals surface area contributed by atoms with Crippen LogP contribution in [0.25, 0.3) is 0 Å². The summed E-state index contributed by atoms with van der Waals surface area (Å²) in [5, 5.41) is 3.33. The molecule has 0 radical (unpaired) electrons. The molecule has 3 N–H and O–H groups in total. The molecule has 5 heteroatoms. The lowest BCUT2D eigenvalue weighted by Crippen LogP contribution is -2.37. The van der Waals surface area contributed by atoms with E-state index >= 15 is 0 Å². The molecule has 1 aromatic carbocycles. The van der Waals surface area contributed by atoms with Crippen LogP contribution in [0.2, 0.25) is 5.02 Å². The average Bonchev–Trinajstić information content (AvgIpc) is 2.45. The molecule has 0 spiro atoms. The van der Waals surface area contributed by atoms with Gasteiger partial charge in [-0.15, -0.1) is 0 Å². The Morgan fingerprint density at radius 3 is 2.85 bits per heavy atom. The van der Waals surface area contributed by atoms with Crippen molar-refractivity contribution in [1.29, 1.82) is 0 Å². The van der Waals surface area contributed by atoms with E-state index in [-0.39, 0.29) is 5.91 Å². The zero-order valence-electron chi connectivity index (χ0n) is 12.1. The molecule has 0 aliphatic carbocycles. The van der Waals surface area contributed by atoms with Crippen LogP contribution in [0, 0.1) is 0 Å². The highest BCUT2D eigenvalue weighted by Crippen LogP contribution is 2.29. The Bertz CT molecular complexity index is 438. The van der Waals surface area contributed by atoms with E-state index in [1.165, 1.54) is 0 Å². The number of halogens is 1.